The van der Waals surface area contributed by atoms with Gasteiger partial charge in [0.25, 0.3) is 0 Å². The first-order valence-electron chi connectivity index (χ1n) is 5.59. The Morgan fingerprint density at radius 3 is 2.47 bits per heavy atom. The van der Waals surface area contributed by atoms with E-state index < -0.39 is 5.97 Å². The Labute approximate surface area is 99.7 Å². The van der Waals surface area contributed by atoms with Crippen LogP contribution < -0.4 is 0 Å². The van der Waals surface area contributed by atoms with E-state index in [0.717, 1.165) is 6.42 Å². The Hall–Kier alpha value is -2.03. The molecule has 0 saturated heterocycles. The van der Waals surface area contributed by atoms with Crippen LogP contribution in [-0.2, 0) is 12.8 Å². The third-order valence-corrected chi connectivity index (χ3v) is 2.74. The summed E-state index contributed by atoms with van der Waals surface area (Å²) in [4.78, 5) is 10.7. The Balaban J connectivity index is 2.22. The van der Waals surface area contributed by atoms with Gasteiger partial charge in [-0.2, -0.15) is 0 Å². The largest absolute Gasteiger partial charge is 0.475 e. The Morgan fingerprint density at radius 2 is 1.88 bits per heavy atom. The van der Waals surface area contributed by atoms with E-state index >= 15 is 0 Å². The number of furan rings is 1. The number of carboxylic acid groups (broad SMARTS) is 1. The molecule has 2 aromatic rings. The van der Waals surface area contributed by atoms with Gasteiger partial charge in [0.05, 0.1) is 0 Å². The Bertz CT molecular complexity index is 526. The standard InChI is InChI=1S/C14H14O3/c1-2-10-5-3-4-6-11(10)9-12-7-8-13(17-12)14(15)16/h3-8H,2,9H2,1H3,(H,15,16). The highest BCUT2D eigenvalue weighted by Crippen LogP contribution is 2.17. The van der Waals surface area contributed by atoms with E-state index in [9.17, 15) is 4.79 Å². The maximum absolute atomic E-state index is 10.7. The SMILES string of the molecule is CCc1ccccc1Cc1ccc(C(=O)O)o1. The minimum atomic E-state index is -1.03. The van der Waals surface area contributed by atoms with Crippen LogP contribution >= 0.6 is 0 Å². The predicted molar refractivity (Wildman–Crippen MR) is 64.3 cm³/mol. The summed E-state index contributed by atoms with van der Waals surface area (Å²) in [6.45, 7) is 2.10. The normalized spacial score (nSPS) is 10.4. The van der Waals surface area contributed by atoms with Gasteiger partial charge in [0, 0.05) is 6.42 Å². The maximum Gasteiger partial charge on any atom is 0.371 e. The number of carbonyl (C=O) groups is 1. The minimum absolute atomic E-state index is 0.00557. The fourth-order valence-corrected chi connectivity index (χ4v) is 1.85. The van der Waals surface area contributed by atoms with Gasteiger partial charge in [0.2, 0.25) is 5.76 Å². The fourth-order valence-electron chi connectivity index (χ4n) is 1.85. The number of hydrogen-bond acceptors (Lipinski definition) is 2. The number of aromatic carboxylic acids is 1. The third kappa shape index (κ3) is 2.56. The highest BCUT2D eigenvalue weighted by atomic mass is 16.4. The van der Waals surface area contributed by atoms with Crippen molar-refractivity contribution in [3.05, 3.63) is 59.0 Å². The van der Waals surface area contributed by atoms with Gasteiger partial charge < -0.3 is 9.52 Å². The molecule has 0 bridgehead atoms. The van der Waals surface area contributed by atoms with Crippen LogP contribution in [0.25, 0.3) is 0 Å². The number of carboxylic acids is 1. The molecule has 88 valence electrons. The maximum atomic E-state index is 10.7. The molecule has 0 saturated carbocycles. The Morgan fingerprint density at radius 1 is 1.18 bits per heavy atom. The van der Waals surface area contributed by atoms with Gasteiger partial charge in [-0.15, -0.1) is 0 Å². The first kappa shape index (κ1) is 11.5. The van der Waals surface area contributed by atoms with Crippen LogP contribution in [0.1, 0.15) is 34.4 Å². The first-order valence-corrected chi connectivity index (χ1v) is 5.59. The number of aryl methyl sites for hydroxylation is 1. The van der Waals surface area contributed by atoms with E-state index in [1.165, 1.54) is 17.2 Å². The van der Waals surface area contributed by atoms with Crippen LogP contribution in [0.3, 0.4) is 0 Å². The quantitative estimate of drug-likeness (QED) is 0.877. The third-order valence-electron chi connectivity index (χ3n) is 2.74. The predicted octanol–water partition coefficient (Wildman–Crippen LogP) is 3.13. The van der Waals surface area contributed by atoms with Crippen molar-refractivity contribution >= 4 is 5.97 Å². The average Bonchev–Trinajstić information content (AvgIpc) is 2.78. The lowest BCUT2D eigenvalue weighted by atomic mass is 10.0. The molecule has 3 nitrogen and oxygen atoms in total. The number of hydrogen-bond donors (Lipinski definition) is 1. The van der Waals surface area contributed by atoms with Gasteiger partial charge in [-0.25, -0.2) is 4.79 Å². The summed E-state index contributed by atoms with van der Waals surface area (Å²) in [5.74, 6) is -0.350. The molecule has 0 aliphatic carbocycles. The molecule has 0 radical (unpaired) electrons. The monoisotopic (exact) mass is 230 g/mol. The number of rotatable bonds is 4. The fraction of sp³-hybridized carbons (Fsp3) is 0.214. The van der Waals surface area contributed by atoms with E-state index in [2.05, 4.69) is 13.0 Å². The van der Waals surface area contributed by atoms with Crippen molar-refractivity contribution in [1.82, 2.24) is 0 Å². The van der Waals surface area contributed by atoms with Gasteiger partial charge in [0.1, 0.15) is 5.76 Å². The average molecular weight is 230 g/mol. The van der Waals surface area contributed by atoms with E-state index in [1.54, 1.807) is 6.07 Å². The summed E-state index contributed by atoms with van der Waals surface area (Å²) in [5.41, 5.74) is 2.45. The topological polar surface area (TPSA) is 50.4 Å². The molecule has 0 aliphatic rings. The lowest BCUT2D eigenvalue weighted by Gasteiger charge is -2.05. The van der Waals surface area contributed by atoms with Crippen LogP contribution in [0.2, 0.25) is 0 Å². The Kier molecular flexibility index (Phi) is 3.28. The van der Waals surface area contributed by atoms with Gasteiger partial charge >= 0.3 is 5.97 Å². The zero-order valence-corrected chi connectivity index (χ0v) is 9.64. The molecule has 0 fully saturated rings. The summed E-state index contributed by atoms with van der Waals surface area (Å²) in [5, 5.41) is 8.77. The number of benzene rings is 1. The smallest absolute Gasteiger partial charge is 0.371 e. The van der Waals surface area contributed by atoms with Gasteiger partial charge in [0.15, 0.2) is 0 Å². The van der Waals surface area contributed by atoms with Crippen LogP contribution in [0.4, 0.5) is 0 Å². The zero-order valence-electron chi connectivity index (χ0n) is 9.64. The van der Waals surface area contributed by atoms with Crippen LogP contribution in [0, 0.1) is 0 Å². The molecule has 1 aromatic heterocycles. The molecule has 0 atom stereocenters. The summed E-state index contributed by atoms with van der Waals surface area (Å²) < 4.78 is 5.25. The zero-order chi connectivity index (χ0) is 12.3. The molecule has 17 heavy (non-hydrogen) atoms. The van der Waals surface area contributed by atoms with Crippen molar-refractivity contribution < 1.29 is 14.3 Å². The molecule has 2 rings (SSSR count). The van der Waals surface area contributed by atoms with Crippen molar-refractivity contribution in [3.8, 4) is 0 Å². The van der Waals surface area contributed by atoms with Gasteiger partial charge in [-0.1, -0.05) is 31.2 Å². The molecule has 0 aliphatic heterocycles. The lowest BCUT2D eigenvalue weighted by molar-refractivity contribution is 0.0660. The lowest BCUT2D eigenvalue weighted by Crippen LogP contribution is -1.94. The van der Waals surface area contributed by atoms with E-state index in [4.69, 9.17) is 9.52 Å². The van der Waals surface area contributed by atoms with Crippen LogP contribution in [0.5, 0.6) is 0 Å². The van der Waals surface area contributed by atoms with Crippen molar-refractivity contribution in [1.29, 1.82) is 0 Å². The summed E-state index contributed by atoms with van der Waals surface area (Å²) >= 11 is 0. The highest BCUT2D eigenvalue weighted by Gasteiger charge is 2.10. The van der Waals surface area contributed by atoms with E-state index in [-0.39, 0.29) is 5.76 Å². The second-order valence-corrected chi connectivity index (χ2v) is 3.87. The molecule has 0 unspecified atom stereocenters. The molecule has 0 spiro atoms. The summed E-state index contributed by atoms with van der Waals surface area (Å²) in [7, 11) is 0. The molecular weight excluding hydrogens is 216 g/mol. The molecule has 3 heteroatoms. The highest BCUT2D eigenvalue weighted by molar-refractivity contribution is 5.84. The van der Waals surface area contributed by atoms with Gasteiger partial charge in [-0.3, -0.25) is 0 Å². The van der Waals surface area contributed by atoms with Crippen LogP contribution in [0.15, 0.2) is 40.8 Å². The second-order valence-electron chi connectivity index (χ2n) is 3.87. The summed E-state index contributed by atoms with van der Waals surface area (Å²) in [6.07, 6.45) is 1.60. The van der Waals surface area contributed by atoms with Crippen molar-refractivity contribution in [2.45, 2.75) is 19.8 Å². The summed E-state index contributed by atoms with van der Waals surface area (Å²) in [6, 6.07) is 11.3. The second kappa shape index (κ2) is 4.87. The minimum Gasteiger partial charge on any atom is -0.475 e. The van der Waals surface area contributed by atoms with Crippen LogP contribution in [-0.4, -0.2) is 11.1 Å². The van der Waals surface area contributed by atoms with Gasteiger partial charge in [-0.05, 0) is 29.7 Å². The van der Waals surface area contributed by atoms with Crippen molar-refractivity contribution in [3.63, 3.8) is 0 Å². The van der Waals surface area contributed by atoms with Crippen molar-refractivity contribution in [2.24, 2.45) is 0 Å². The molecular formula is C14H14O3. The van der Waals surface area contributed by atoms with E-state index in [1.807, 2.05) is 18.2 Å². The van der Waals surface area contributed by atoms with E-state index in [0.29, 0.717) is 12.2 Å². The first-order chi connectivity index (χ1) is 8.20. The molecule has 1 N–H and O–H groups in total. The van der Waals surface area contributed by atoms with Crippen molar-refractivity contribution in [2.75, 3.05) is 0 Å². The molecule has 1 aromatic carbocycles. The molecule has 0 amide bonds. The molecule has 1 heterocycles.